The van der Waals surface area contributed by atoms with Gasteiger partial charge in [-0.2, -0.15) is 0 Å². The third-order valence-corrected chi connectivity index (χ3v) is 3.05. The lowest BCUT2D eigenvalue weighted by molar-refractivity contribution is 0.368. The summed E-state index contributed by atoms with van der Waals surface area (Å²) in [7, 11) is 3.64. The molecule has 1 rings (SSSR count). The van der Waals surface area contributed by atoms with Crippen molar-refractivity contribution in [1.29, 1.82) is 0 Å². The summed E-state index contributed by atoms with van der Waals surface area (Å²) >= 11 is 0. The summed E-state index contributed by atoms with van der Waals surface area (Å²) in [5, 5.41) is 3.28. The molecule has 0 saturated carbocycles. The third kappa shape index (κ3) is 3.20. The average molecular weight is 236 g/mol. The van der Waals surface area contributed by atoms with Gasteiger partial charge in [0.1, 0.15) is 5.75 Å². The van der Waals surface area contributed by atoms with E-state index in [-0.39, 0.29) is 11.6 Å². The van der Waals surface area contributed by atoms with E-state index in [1.54, 1.807) is 7.11 Å². The predicted molar refractivity (Wildman–Crippen MR) is 72.4 cm³/mol. The molecule has 0 radical (unpaired) electrons. The molecule has 0 amide bonds. The Morgan fingerprint density at radius 3 is 2.47 bits per heavy atom. The molecule has 0 aliphatic rings. The third-order valence-electron chi connectivity index (χ3n) is 3.05. The Morgan fingerprint density at radius 1 is 1.41 bits per heavy atom. The van der Waals surface area contributed by atoms with Crippen molar-refractivity contribution in [3.8, 4) is 5.75 Å². The molecule has 3 heteroatoms. The van der Waals surface area contributed by atoms with Gasteiger partial charge >= 0.3 is 0 Å². The highest BCUT2D eigenvalue weighted by Gasteiger charge is 2.25. The van der Waals surface area contributed by atoms with Gasteiger partial charge < -0.3 is 15.8 Å². The second-order valence-corrected chi connectivity index (χ2v) is 4.97. The van der Waals surface area contributed by atoms with Gasteiger partial charge in [-0.3, -0.25) is 0 Å². The molecule has 96 valence electrons. The first-order valence-electron chi connectivity index (χ1n) is 6.07. The number of nitrogens with one attached hydrogen (secondary N) is 1. The summed E-state index contributed by atoms with van der Waals surface area (Å²) in [5.41, 5.74) is 8.32. The molecule has 3 nitrogen and oxygen atoms in total. The van der Waals surface area contributed by atoms with E-state index in [1.807, 2.05) is 27.0 Å². The predicted octanol–water partition coefficient (Wildman–Crippen LogP) is 2.26. The molecule has 1 atom stereocenters. The van der Waals surface area contributed by atoms with Crippen molar-refractivity contribution in [3.63, 3.8) is 0 Å². The van der Waals surface area contributed by atoms with E-state index in [0.717, 1.165) is 12.2 Å². The van der Waals surface area contributed by atoms with Crippen molar-refractivity contribution in [3.05, 3.63) is 29.3 Å². The molecule has 1 aromatic carbocycles. The second kappa shape index (κ2) is 5.52. The smallest absolute Gasteiger partial charge is 0.122 e. The van der Waals surface area contributed by atoms with Gasteiger partial charge in [0.2, 0.25) is 0 Å². The van der Waals surface area contributed by atoms with Crippen LogP contribution in [0.15, 0.2) is 18.2 Å². The number of hydrogen-bond acceptors (Lipinski definition) is 3. The fraction of sp³-hybridized carbons (Fsp3) is 0.571. The number of likely N-dealkylation sites (N-methyl/N-ethyl adjacent to an activating group) is 1. The molecule has 0 aliphatic heterocycles. The molecule has 0 bridgehead atoms. The molecule has 3 N–H and O–H groups in total. The van der Waals surface area contributed by atoms with Crippen LogP contribution in [-0.4, -0.2) is 19.7 Å². The largest absolute Gasteiger partial charge is 0.496 e. The lowest BCUT2D eigenvalue weighted by atomic mass is 9.88. The first kappa shape index (κ1) is 14.0. The molecule has 0 spiro atoms. The van der Waals surface area contributed by atoms with Gasteiger partial charge in [-0.1, -0.05) is 19.1 Å². The first-order chi connectivity index (χ1) is 7.93. The van der Waals surface area contributed by atoms with Gasteiger partial charge in [-0.05, 0) is 44.5 Å². The van der Waals surface area contributed by atoms with Crippen LogP contribution in [0, 0.1) is 0 Å². The van der Waals surface area contributed by atoms with Crippen LogP contribution in [0.25, 0.3) is 0 Å². The van der Waals surface area contributed by atoms with E-state index in [2.05, 4.69) is 24.4 Å². The van der Waals surface area contributed by atoms with E-state index in [4.69, 9.17) is 10.5 Å². The van der Waals surface area contributed by atoms with Crippen LogP contribution in [0.1, 0.15) is 37.9 Å². The van der Waals surface area contributed by atoms with Crippen molar-refractivity contribution in [2.45, 2.75) is 38.8 Å². The quantitative estimate of drug-likeness (QED) is 0.824. The van der Waals surface area contributed by atoms with Crippen molar-refractivity contribution in [1.82, 2.24) is 5.32 Å². The van der Waals surface area contributed by atoms with E-state index in [9.17, 15) is 0 Å². The van der Waals surface area contributed by atoms with Gasteiger partial charge in [-0.15, -0.1) is 0 Å². The summed E-state index contributed by atoms with van der Waals surface area (Å²) in [6.07, 6.45) is 0.957. The lowest BCUT2D eigenvalue weighted by Gasteiger charge is -2.31. The maximum Gasteiger partial charge on any atom is 0.122 e. The lowest BCUT2D eigenvalue weighted by Crippen LogP contribution is -2.45. The van der Waals surface area contributed by atoms with E-state index in [1.165, 1.54) is 11.1 Å². The van der Waals surface area contributed by atoms with Crippen molar-refractivity contribution in [2.75, 3.05) is 14.2 Å². The van der Waals surface area contributed by atoms with Crippen LogP contribution in [0.2, 0.25) is 0 Å². The summed E-state index contributed by atoms with van der Waals surface area (Å²) < 4.78 is 5.34. The molecule has 0 saturated heterocycles. The Labute approximate surface area is 104 Å². The average Bonchev–Trinajstić information content (AvgIpc) is 2.27. The Kier molecular flexibility index (Phi) is 4.54. The highest BCUT2D eigenvalue weighted by Crippen LogP contribution is 2.28. The summed E-state index contributed by atoms with van der Waals surface area (Å²) in [5.74, 6) is 0.945. The van der Waals surface area contributed by atoms with Crippen molar-refractivity contribution >= 4 is 0 Å². The SMILES string of the molecule is CCc1cc(C(NC)C(C)(C)N)ccc1OC. The molecule has 1 aromatic rings. The van der Waals surface area contributed by atoms with Crippen LogP contribution in [0.3, 0.4) is 0 Å². The Bertz CT molecular complexity index is 369. The maximum atomic E-state index is 6.19. The Balaban J connectivity index is 3.14. The number of hydrogen-bond donors (Lipinski definition) is 2. The van der Waals surface area contributed by atoms with Crippen LogP contribution in [0.5, 0.6) is 5.75 Å². The van der Waals surface area contributed by atoms with Crippen LogP contribution >= 0.6 is 0 Å². The van der Waals surface area contributed by atoms with Gasteiger partial charge in [0, 0.05) is 11.6 Å². The summed E-state index contributed by atoms with van der Waals surface area (Å²) in [4.78, 5) is 0. The number of aryl methyl sites for hydroxylation is 1. The van der Waals surface area contributed by atoms with Crippen LogP contribution < -0.4 is 15.8 Å². The monoisotopic (exact) mass is 236 g/mol. The molecular formula is C14H24N2O. The molecular weight excluding hydrogens is 212 g/mol. The minimum absolute atomic E-state index is 0.138. The number of ether oxygens (including phenoxy) is 1. The van der Waals surface area contributed by atoms with Gasteiger partial charge in [0.25, 0.3) is 0 Å². The summed E-state index contributed by atoms with van der Waals surface area (Å²) in [6, 6.07) is 6.41. The van der Waals surface area contributed by atoms with Crippen LogP contribution in [0.4, 0.5) is 0 Å². The number of methoxy groups -OCH3 is 1. The fourth-order valence-electron chi connectivity index (χ4n) is 2.22. The maximum absolute atomic E-state index is 6.19. The second-order valence-electron chi connectivity index (χ2n) is 4.97. The number of rotatable bonds is 5. The molecule has 0 heterocycles. The summed E-state index contributed by atoms with van der Waals surface area (Å²) in [6.45, 7) is 6.19. The molecule has 17 heavy (non-hydrogen) atoms. The van der Waals surface area contributed by atoms with E-state index in [0.29, 0.717) is 0 Å². The number of benzene rings is 1. The Morgan fingerprint density at radius 2 is 2.06 bits per heavy atom. The zero-order valence-electron chi connectivity index (χ0n) is 11.5. The molecule has 0 aliphatic carbocycles. The highest BCUT2D eigenvalue weighted by atomic mass is 16.5. The molecule has 1 unspecified atom stereocenters. The number of nitrogens with two attached hydrogens (primary N) is 1. The Hall–Kier alpha value is -1.06. The standard InChI is InChI=1S/C14H24N2O/c1-6-10-9-11(7-8-12(10)17-5)13(16-4)14(2,3)15/h7-9,13,16H,6,15H2,1-5H3. The fourth-order valence-corrected chi connectivity index (χ4v) is 2.22. The van der Waals surface area contributed by atoms with Gasteiger partial charge in [0.15, 0.2) is 0 Å². The molecule has 0 fully saturated rings. The first-order valence-corrected chi connectivity index (χ1v) is 6.07. The normalized spacial score (nSPS) is 13.5. The molecule has 0 aromatic heterocycles. The van der Waals surface area contributed by atoms with Crippen molar-refractivity contribution < 1.29 is 4.74 Å². The zero-order chi connectivity index (χ0) is 13.1. The minimum Gasteiger partial charge on any atom is -0.496 e. The topological polar surface area (TPSA) is 47.3 Å². The van der Waals surface area contributed by atoms with E-state index < -0.39 is 0 Å². The highest BCUT2D eigenvalue weighted by molar-refractivity contribution is 5.39. The minimum atomic E-state index is -0.297. The van der Waals surface area contributed by atoms with Gasteiger partial charge in [-0.25, -0.2) is 0 Å². The van der Waals surface area contributed by atoms with E-state index >= 15 is 0 Å². The zero-order valence-corrected chi connectivity index (χ0v) is 11.5. The van der Waals surface area contributed by atoms with Gasteiger partial charge in [0.05, 0.1) is 7.11 Å². The van der Waals surface area contributed by atoms with Crippen molar-refractivity contribution in [2.24, 2.45) is 5.73 Å². The van der Waals surface area contributed by atoms with Crippen LogP contribution in [-0.2, 0) is 6.42 Å².